The number of nitrogens with two attached hydrogens (primary N) is 1. The number of nitrogen functional groups attached to an aromatic ring is 1. The van der Waals surface area contributed by atoms with Crippen molar-refractivity contribution in [1.82, 2.24) is 5.32 Å². The molecule has 1 aromatic rings. The van der Waals surface area contributed by atoms with Crippen LogP contribution in [0.2, 0.25) is 0 Å². The number of hydrogen-bond acceptors (Lipinski definition) is 4. The number of carbonyl (C=O) groups excluding carboxylic acids is 1. The minimum atomic E-state index is -0.193. The van der Waals surface area contributed by atoms with E-state index in [1.807, 2.05) is 0 Å². The van der Waals surface area contributed by atoms with E-state index < -0.39 is 0 Å². The van der Waals surface area contributed by atoms with Crippen molar-refractivity contribution < 1.29 is 14.3 Å². The Morgan fingerprint density at radius 3 is 2.74 bits per heavy atom. The molecule has 0 saturated carbocycles. The number of benzene rings is 1. The summed E-state index contributed by atoms with van der Waals surface area (Å²) < 4.78 is 10.1. The standard InChI is InChI=1S/C14H22N2O3/c1-18-10-5-3-4-9-16-14(17)13-11(15)7-6-8-12(13)19-2/h6-8H,3-5,9-10,15H2,1-2H3,(H,16,17). The largest absolute Gasteiger partial charge is 0.496 e. The summed E-state index contributed by atoms with van der Waals surface area (Å²) in [6, 6.07) is 5.18. The molecule has 0 bridgehead atoms. The molecular formula is C14H22N2O3. The van der Waals surface area contributed by atoms with E-state index in [1.54, 1.807) is 25.3 Å². The van der Waals surface area contributed by atoms with Crippen molar-refractivity contribution in [2.24, 2.45) is 0 Å². The predicted octanol–water partition coefficient (Wildman–Crippen LogP) is 1.82. The summed E-state index contributed by atoms with van der Waals surface area (Å²) in [7, 11) is 3.21. The Morgan fingerprint density at radius 1 is 1.26 bits per heavy atom. The Hall–Kier alpha value is -1.75. The summed E-state index contributed by atoms with van der Waals surface area (Å²) >= 11 is 0. The average Bonchev–Trinajstić information content (AvgIpc) is 2.42. The molecule has 0 spiro atoms. The van der Waals surface area contributed by atoms with Gasteiger partial charge in [-0.25, -0.2) is 0 Å². The smallest absolute Gasteiger partial charge is 0.257 e. The highest BCUT2D eigenvalue weighted by Crippen LogP contribution is 2.23. The highest BCUT2D eigenvalue weighted by atomic mass is 16.5. The number of unbranched alkanes of at least 4 members (excludes halogenated alkanes) is 2. The lowest BCUT2D eigenvalue weighted by molar-refractivity contribution is 0.0950. The van der Waals surface area contributed by atoms with E-state index in [4.69, 9.17) is 15.2 Å². The second-order valence-electron chi connectivity index (χ2n) is 4.23. The summed E-state index contributed by atoms with van der Waals surface area (Å²) in [6.45, 7) is 1.38. The molecule has 19 heavy (non-hydrogen) atoms. The zero-order valence-electron chi connectivity index (χ0n) is 11.6. The van der Waals surface area contributed by atoms with Crippen molar-refractivity contribution in [1.29, 1.82) is 0 Å². The van der Waals surface area contributed by atoms with Crippen LogP contribution in [-0.2, 0) is 4.74 Å². The molecule has 3 N–H and O–H groups in total. The van der Waals surface area contributed by atoms with Crippen LogP contribution in [0.5, 0.6) is 5.75 Å². The van der Waals surface area contributed by atoms with Gasteiger partial charge in [0.1, 0.15) is 11.3 Å². The lowest BCUT2D eigenvalue weighted by atomic mass is 10.1. The highest BCUT2D eigenvalue weighted by molar-refractivity contribution is 6.01. The number of nitrogens with one attached hydrogen (secondary N) is 1. The molecule has 0 saturated heterocycles. The van der Waals surface area contributed by atoms with Crippen LogP contribution < -0.4 is 15.8 Å². The molecule has 5 heteroatoms. The molecule has 0 atom stereocenters. The quantitative estimate of drug-likeness (QED) is 0.556. The van der Waals surface area contributed by atoms with Gasteiger partial charge in [-0.15, -0.1) is 0 Å². The van der Waals surface area contributed by atoms with E-state index in [-0.39, 0.29) is 5.91 Å². The molecule has 1 amide bonds. The van der Waals surface area contributed by atoms with Gasteiger partial charge < -0.3 is 20.5 Å². The first-order valence-corrected chi connectivity index (χ1v) is 6.40. The van der Waals surface area contributed by atoms with E-state index in [0.29, 0.717) is 23.5 Å². The number of hydrogen-bond donors (Lipinski definition) is 2. The number of amides is 1. The van der Waals surface area contributed by atoms with E-state index >= 15 is 0 Å². The summed E-state index contributed by atoms with van der Waals surface area (Å²) in [4.78, 5) is 12.0. The molecule has 1 aromatic carbocycles. The molecule has 0 aromatic heterocycles. The zero-order valence-corrected chi connectivity index (χ0v) is 11.6. The first-order chi connectivity index (χ1) is 9.20. The van der Waals surface area contributed by atoms with Crippen LogP contribution in [0.25, 0.3) is 0 Å². The van der Waals surface area contributed by atoms with Crippen molar-refractivity contribution in [3.05, 3.63) is 23.8 Å². The third-order valence-electron chi connectivity index (χ3n) is 2.82. The zero-order chi connectivity index (χ0) is 14.1. The third-order valence-corrected chi connectivity index (χ3v) is 2.82. The van der Waals surface area contributed by atoms with Crippen molar-refractivity contribution >= 4 is 11.6 Å². The SMILES string of the molecule is COCCCCCNC(=O)c1c(N)cccc1OC. The van der Waals surface area contributed by atoms with Gasteiger partial charge in [0.2, 0.25) is 0 Å². The van der Waals surface area contributed by atoms with E-state index in [1.165, 1.54) is 7.11 Å². The van der Waals surface area contributed by atoms with Gasteiger partial charge in [-0.3, -0.25) is 4.79 Å². The number of methoxy groups -OCH3 is 2. The van der Waals surface area contributed by atoms with Crippen LogP contribution in [0.3, 0.4) is 0 Å². The third kappa shape index (κ3) is 4.79. The van der Waals surface area contributed by atoms with Crippen molar-refractivity contribution in [3.63, 3.8) is 0 Å². The van der Waals surface area contributed by atoms with Gasteiger partial charge in [0.15, 0.2) is 0 Å². The topological polar surface area (TPSA) is 73.6 Å². The lowest BCUT2D eigenvalue weighted by Gasteiger charge is -2.11. The molecule has 0 heterocycles. The van der Waals surface area contributed by atoms with Crippen LogP contribution in [0.15, 0.2) is 18.2 Å². The number of ether oxygens (including phenoxy) is 2. The molecule has 0 aliphatic heterocycles. The maximum absolute atomic E-state index is 12.0. The fourth-order valence-electron chi connectivity index (χ4n) is 1.80. The molecule has 5 nitrogen and oxygen atoms in total. The van der Waals surface area contributed by atoms with E-state index in [2.05, 4.69) is 5.32 Å². The van der Waals surface area contributed by atoms with E-state index in [0.717, 1.165) is 25.9 Å². The molecule has 106 valence electrons. The Morgan fingerprint density at radius 2 is 2.05 bits per heavy atom. The van der Waals surface area contributed by atoms with Crippen LogP contribution in [0, 0.1) is 0 Å². The number of carbonyl (C=O) groups is 1. The van der Waals surface area contributed by atoms with Gasteiger partial charge in [-0.2, -0.15) is 0 Å². The van der Waals surface area contributed by atoms with Crippen molar-refractivity contribution in [2.75, 3.05) is 33.1 Å². The summed E-state index contributed by atoms with van der Waals surface area (Å²) in [5.74, 6) is 0.304. The molecule has 0 radical (unpaired) electrons. The van der Waals surface area contributed by atoms with Gasteiger partial charge in [0.05, 0.1) is 7.11 Å². The Bertz CT molecular complexity index is 408. The lowest BCUT2D eigenvalue weighted by Crippen LogP contribution is -2.26. The number of rotatable bonds is 8. The predicted molar refractivity (Wildman–Crippen MR) is 75.5 cm³/mol. The van der Waals surface area contributed by atoms with Gasteiger partial charge in [0.25, 0.3) is 5.91 Å². The Balaban J connectivity index is 2.45. The van der Waals surface area contributed by atoms with Crippen LogP contribution >= 0.6 is 0 Å². The maximum atomic E-state index is 12.0. The first-order valence-electron chi connectivity index (χ1n) is 6.40. The van der Waals surface area contributed by atoms with Crippen LogP contribution in [-0.4, -0.2) is 33.3 Å². The molecule has 1 rings (SSSR count). The molecule has 0 aliphatic carbocycles. The van der Waals surface area contributed by atoms with Crippen molar-refractivity contribution in [3.8, 4) is 5.75 Å². The minimum Gasteiger partial charge on any atom is -0.496 e. The fraction of sp³-hybridized carbons (Fsp3) is 0.500. The van der Waals surface area contributed by atoms with Crippen LogP contribution in [0.1, 0.15) is 29.6 Å². The second kappa shape index (κ2) is 8.37. The minimum absolute atomic E-state index is 0.193. The summed E-state index contributed by atoms with van der Waals surface area (Å²) in [5, 5.41) is 2.85. The number of anilines is 1. The summed E-state index contributed by atoms with van der Waals surface area (Å²) in [5.41, 5.74) is 6.64. The summed E-state index contributed by atoms with van der Waals surface area (Å²) in [6.07, 6.45) is 2.95. The van der Waals surface area contributed by atoms with Crippen LogP contribution in [0.4, 0.5) is 5.69 Å². The molecule has 0 fully saturated rings. The van der Waals surface area contributed by atoms with Crippen molar-refractivity contribution in [2.45, 2.75) is 19.3 Å². The average molecular weight is 266 g/mol. The second-order valence-corrected chi connectivity index (χ2v) is 4.23. The van der Waals surface area contributed by atoms with Gasteiger partial charge in [-0.05, 0) is 31.4 Å². The maximum Gasteiger partial charge on any atom is 0.257 e. The van der Waals surface area contributed by atoms with Gasteiger partial charge in [-0.1, -0.05) is 6.07 Å². The van der Waals surface area contributed by atoms with E-state index in [9.17, 15) is 4.79 Å². The fourth-order valence-corrected chi connectivity index (χ4v) is 1.80. The Labute approximate surface area is 114 Å². The highest BCUT2D eigenvalue weighted by Gasteiger charge is 2.14. The molecular weight excluding hydrogens is 244 g/mol. The molecule has 0 aliphatic rings. The Kier molecular flexibility index (Phi) is 6.74. The van der Waals surface area contributed by atoms with Gasteiger partial charge in [0, 0.05) is 25.9 Å². The normalized spacial score (nSPS) is 10.2. The monoisotopic (exact) mass is 266 g/mol. The first kappa shape index (κ1) is 15.3. The van der Waals surface area contributed by atoms with Gasteiger partial charge >= 0.3 is 0 Å². The molecule has 0 unspecified atom stereocenters.